The minimum absolute atomic E-state index is 0.00789. The molecule has 0 radical (unpaired) electrons. The average Bonchev–Trinajstić information content (AvgIpc) is 2.83. The number of carbonyl (C=O) groups excluding carboxylic acids is 1. The monoisotopic (exact) mass is 331 g/mol. The third-order valence-corrected chi connectivity index (χ3v) is 3.81. The summed E-state index contributed by atoms with van der Waals surface area (Å²) in [5.74, 6) is 0.00789. The highest BCUT2D eigenvalue weighted by Crippen LogP contribution is 2.26. The summed E-state index contributed by atoms with van der Waals surface area (Å²) in [4.78, 5) is 11.8. The maximum atomic E-state index is 11.8. The molecular formula is C13H15BrClNO2. The number of hydrogen-bond acceptors (Lipinski definition) is 2. The Bertz CT molecular complexity index is 433. The summed E-state index contributed by atoms with van der Waals surface area (Å²) in [5, 5.41) is 3.50. The minimum Gasteiger partial charge on any atom is -0.378 e. The molecule has 1 saturated heterocycles. The molecule has 18 heavy (non-hydrogen) atoms. The molecule has 98 valence electrons. The van der Waals surface area contributed by atoms with E-state index in [0.717, 1.165) is 36.0 Å². The zero-order valence-corrected chi connectivity index (χ0v) is 12.3. The molecule has 0 aliphatic carbocycles. The SMILES string of the molecule is O=C(CCC1CCCO1)Nc1ccc(Cl)cc1Br. The molecular weight excluding hydrogens is 318 g/mol. The van der Waals surface area contributed by atoms with E-state index in [-0.39, 0.29) is 12.0 Å². The van der Waals surface area contributed by atoms with E-state index in [0.29, 0.717) is 11.4 Å². The molecule has 1 aromatic rings. The van der Waals surface area contributed by atoms with Crippen molar-refractivity contribution in [1.82, 2.24) is 0 Å². The largest absolute Gasteiger partial charge is 0.378 e. The van der Waals surface area contributed by atoms with Gasteiger partial charge in [0.05, 0.1) is 11.8 Å². The van der Waals surface area contributed by atoms with Gasteiger partial charge in [0.2, 0.25) is 5.91 Å². The summed E-state index contributed by atoms with van der Waals surface area (Å²) in [6.45, 7) is 0.828. The molecule has 1 unspecified atom stereocenters. The summed E-state index contributed by atoms with van der Waals surface area (Å²) >= 11 is 9.21. The molecule has 1 heterocycles. The Morgan fingerprint density at radius 3 is 3.06 bits per heavy atom. The second kappa shape index (κ2) is 6.55. The van der Waals surface area contributed by atoms with Gasteiger partial charge in [-0.25, -0.2) is 0 Å². The molecule has 1 atom stereocenters. The maximum Gasteiger partial charge on any atom is 0.224 e. The van der Waals surface area contributed by atoms with Crippen LogP contribution in [0.4, 0.5) is 5.69 Å². The fourth-order valence-corrected chi connectivity index (χ4v) is 2.75. The molecule has 1 aromatic carbocycles. The van der Waals surface area contributed by atoms with Crippen molar-refractivity contribution >= 4 is 39.1 Å². The molecule has 3 nitrogen and oxygen atoms in total. The highest BCUT2D eigenvalue weighted by molar-refractivity contribution is 9.10. The van der Waals surface area contributed by atoms with E-state index in [1.807, 2.05) is 0 Å². The molecule has 1 amide bonds. The fraction of sp³-hybridized carbons (Fsp3) is 0.462. The lowest BCUT2D eigenvalue weighted by Gasteiger charge is -2.10. The quantitative estimate of drug-likeness (QED) is 0.905. The Morgan fingerprint density at radius 1 is 1.56 bits per heavy atom. The van der Waals surface area contributed by atoms with Gasteiger partial charge in [-0.3, -0.25) is 4.79 Å². The Balaban J connectivity index is 1.82. The van der Waals surface area contributed by atoms with E-state index in [1.165, 1.54) is 0 Å². The van der Waals surface area contributed by atoms with E-state index >= 15 is 0 Å². The van der Waals surface area contributed by atoms with Crippen LogP contribution in [0.25, 0.3) is 0 Å². The maximum absolute atomic E-state index is 11.8. The molecule has 0 spiro atoms. The lowest BCUT2D eigenvalue weighted by Crippen LogP contribution is -2.15. The van der Waals surface area contributed by atoms with Crippen LogP contribution >= 0.6 is 27.5 Å². The molecule has 1 N–H and O–H groups in total. The normalized spacial score (nSPS) is 18.9. The second-order valence-electron chi connectivity index (χ2n) is 4.35. The molecule has 1 aliphatic rings. The van der Waals surface area contributed by atoms with Gasteiger partial charge in [-0.1, -0.05) is 11.6 Å². The first kappa shape index (κ1) is 13.8. The number of rotatable bonds is 4. The van der Waals surface area contributed by atoms with Gasteiger partial charge in [0.25, 0.3) is 0 Å². The number of amides is 1. The molecule has 0 saturated carbocycles. The molecule has 1 fully saturated rings. The molecule has 1 aliphatic heterocycles. The van der Waals surface area contributed by atoms with Crippen LogP contribution in [0.15, 0.2) is 22.7 Å². The summed E-state index contributed by atoms with van der Waals surface area (Å²) in [6, 6.07) is 5.30. The van der Waals surface area contributed by atoms with Crippen molar-refractivity contribution in [1.29, 1.82) is 0 Å². The molecule has 5 heteroatoms. The van der Waals surface area contributed by atoms with Gasteiger partial charge in [0, 0.05) is 22.5 Å². The van der Waals surface area contributed by atoms with Crippen LogP contribution < -0.4 is 5.32 Å². The van der Waals surface area contributed by atoms with Gasteiger partial charge in [-0.05, 0) is 53.4 Å². The van der Waals surface area contributed by atoms with E-state index in [9.17, 15) is 4.79 Å². The van der Waals surface area contributed by atoms with E-state index < -0.39 is 0 Å². The average molecular weight is 333 g/mol. The van der Waals surface area contributed by atoms with Crippen molar-refractivity contribution in [2.24, 2.45) is 0 Å². The van der Waals surface area contributed by atoms with Crippen molar-refractivity contribution in [3.63, 3.8) is 0 Å². The number of halogens is 2. The number of hydrogen-bond donors (Lipinski definition) is 1. The van der Waals surface area contributed by atoms with E-state index in [4.69, 9.17) is 16.3 Å². The lowest BCUT2D eigenvalue weighted by atomic mass is 10.1. The first-order chi connectivity index (χ1) is 8.65. The molecule has 2 rings (SSSR count). The molecule has 0 aromatic heterocycles. The van der Waals surface area contributed by atoms with Crippen LogP contribution in [0, 0.1) is 0 Å². The minimum atomic E-state index is 0.00789. The van der Waals surface area contributed by atoms with Crippen molar-refractivity contribution in [3.8, 4) is 0 Å². The predicted molar refractivity (Wildman–Crippen MR) is 76.0 cm³/mol. The fourth-order valence-electron chi connectivity index (χ4n) is 1.97. The zero-order valence-electron chi connectivity index (χ0n) is 9.92. The number of benzene rings is 1. The lowest BCUT2D eigenvalue weighted by molar-refractivity contribution is -0.116. The van der Waals surface area contributed by atoms with Gasteiger partial charge in [-0.2, -0.15) is 0 Å². The van der Waals surface area contributed by atoms with Crippen LogP contribution in [0.1, 0.15) is 25.7 Å². The first-order valence-electron chi connectivity index (χ1n) is 6.01. The Labute approximate surface area is 120 Å². The number of carbonyl (C=O) groups is 1. The van der Waals surface area contributed by atoms with E-state index in [2.05, 4.69) is 21.2 Å². The van der Waals surface area contributed by atoms with Gasteiger partial charge >= 0.3 is 0 Å². The van der Waals surface area contributed by atoms with Gasteiger partial charge in [-0.15, -0.1) is 0 Å². The third kappa shape index (κ3) is 3.97. The summed E-state index contributed by atoms with van der Waals surface area (Å²) in [5.41, 5.74) is 0.747. The van der Waals surface area contributed by atoms with Crippen LogP contribution in [0.3, 0.4) is 0 Å². The number of anilines is 1. The zero-order chi connectivity index (χ0) is 13.0. The second-order valence-corrected chi connectivity index (χ2v) is 5.64. The van der Waals surface area contributed by atoms with Crippen LogP contribution in [0.5, 0.6) is 0 Å². The first-order valence-corrected chi connectivity index (χ1v) is 7.19. The summed E-state index contributed by atoms with van der Waals surface area (Å²) in [6.07, 6.45) is 3.70. The van der Waals surface area contributed by atoms with Crippen molar-refractivity contribution in [3.05, 3.63) is 27.7 Å². The summed E-state index contributed by atoms with van der Waals surface area (Å²) < 4.78 is 6.28. The van der Waals surface area contributed by atoms with Crippen molar-refractivity contribution in [2.75, 3.05) is 11.9 Å². The number of nitrogens with one attached hydrogen (secondary N) is 1. The third-order valence-electron chi connectivity index (χ3n) is 2.92. The van der Waals surface area contributed by atoms with Crippen LogP contribution in [-0.2, 0) is 9.53 Å². The topological polar surface area (TPSA) is 38.3 Å². The summed E-state index contributed by atoms with van der Waals surface area (Å²) in [7, 11) is 0. The standard InChI is InChI=1S/C13H15BrClNO2/c14-11-8-9(15)3-5-12(11)16-13(17)6-4-10-2-1-7-18-10/h3,5,8,10H,1-2,4,6-7H2,(H,16,17). The van der Waals surface area contributed by atoms with Gasteiger partial charge < -0.3 is 10.1 Å². The molecule has 0 bridgehead atoms. The highest BCUT2D eigenvalue weighted by Gasteiger charge is 2.16. The van der Waals surface area contributed by atoms with Crippen molar-refractivity contribution in [2.45, 2.75) is 31.8 Å². The van der Waals surface area contributed by atoms with E-state index in [1.54, 1.807) is 18.2 Å². The van der Waals surface area contributed by atoms with Crippen LogP contribution in [-0.4, -0.2) is 18.6 Å². The smallest absolute Gasteiger partial charge is 0.224 e. The Hall–Kier alpha value is -0.580. The number of ether oxygens (including phenoxy) is 1. The van der Waals surface area contributed by atoms with Gasteiger partial charge in [0.15, 0.2) is 0 Å². The van der Waals surface area contributed by atoms with Crippen LogP contribution in [0.2, 0.25) is 5.02 Å². The Kier molecular flexibility index (Phi) is 5.03. The van der Waals surface area contributed by atoms with Gasteiger partial charge in [0.1, 0.15) is 0 Å². The Morgan fingerprint density at radius 2 is 2.39 bits per heavy atom. The highest BCUT2D eigenvalue weighted by atomic mass is 79.9. The predicted octanol–water partition coefficient (Wildman–Crippen LogP) is 4.00. The van der Waals surface area contributed by atoms with Crippen molar-refractivity contribution < 1.29 is 9.53 Å².